The molecular formula is C12H15ClN2O3S. The van der Waals surface area contributed by atoms with Gasteiger partial charge in [-0.1, -0.05) is 17.7 Å². The third-order valence-corrected chi connectivity index (χ3v) is 3.18. The van der Waals surface area contributed by atoms with Crippen LogP contribution >= 0.6 is 23.4 Å². The van der Waals surface area contributed by atoms with Crippen LogP contribution < -0.4 is 10.6 Å². The molecule has 19 heavy (non-hydrogen) atoms. The van der Waals surface area contributed by atoms with Crippen molar-refractivity contribution in [3.05, 3.63) is 29.3 Å². The van der Waals surface area contributed by atoms with Crippen molar-refractivity contribution in [2.75, 3.05) is 17.3 Å². The van der Waals surface area contributed by atoms with E-state index in [1.54, 1.807) is 24.3 Å². The van der Waals surface area contributed by atoms with Crippen LogP contribution in [0, 0.1) is 0 Å². The summed E-state index contributed by atoms with van der Waals surface area (Å²) >= 11 is 7.31. The average molecular weight is 303 g/mol. The van der Waals surface area contributed by atoms with Crippen LogP contribution in [0.3, 0.4) is 0 Å². The van der Waals surface area contributed by atoms with Gasteiger partial charge >= 0.3 is 12.0 Å². The summed E-state index contributed by atoms with van der Waals surface area (Å²) in [6, 6.07) is 5.17. The molecule has 2 amide bonds. The van der Waals surface area contributed by atoms with Crippen molar-refractivity contribution in [1.29, 1.82) is 0 Å². The number of hydrogen-bond acceptors (Lipinski definition) is 3. The van der Waals surface area contributed by atoms with Crippen LogP contribution in [0.5, 0.6) is 0 Å². The van der Waals surface area contributed by atoms with Crippen molar-refractivity contribution in [2.24, 2.45) is 0 Å². The fraction of sp³-hybridized carbons (Fsp3) is 0.333. The van der Waals surface area contributed by atoms with Gasteiger partial charge in [0, 0.05) is 10.7 Å². The van der Waals surface area contributed by atoms with Crippen LogP contribution in [0.2, 0.25) is 5.02 Å². The monoisotopic (exact) mass is 302 g/mol. The smallest absolute Gasteiger partial charge is 0.326 e. The van der Waals surface area contributed by atoms with Gasteiger partial charge in [0.25, 0.3) is 0 Å². The predicted octanol–water partition coefficient (Wildman–Crippen LogP) is 2.67. The molecule has 3 N–H and O–H groups in total. The van der Waals surface area contributed by atoms with Crippen LogP contribution in [0.4, 0.5) is 10.5 Å². The van der Waals surface area contributed by atoms with Crippen molar-refractivity contribution < 1.29 is 14.7 Å². The zero-order valence-corrected chi connectivity index (χ0v) is 11.9. The van der Waals surface area contributed by atoms with E-state index in [9.17, 15) is 9.59 Å². The number of carbonyl (C=O) groups excluding carboxylic acids is 1. The van der Waals surface area contributed by atoms with E-state index in [2.05, 4.69) is 10.6 Å². The van der Waals surface area contributed by atoms with Crippen molar-refractivity contribution in [3.63, 3.8) is 0 Å². The third-order valence-electron chi connectivity index (χ3n) is 2.30. The Morgan fingerprint density at radius 2 is 2.21 bits per heavy atom. The highest BCUT2D eigenvalue weighted by Gasteiger charge is 2.19. The number of urea groups is 1. The standard InChI is InChI=1S/C12H15ClN2O3S/c1-19-6-5-10(11(16)17)15-12(18)14-9-4-2-3-8(13)7-9/h2-4,7,10H,5-6H2,1H3,(H,16,17)(H2,14,15,18)/t10-/m0/s1. The lowest BCUT2D eigenvalue weighted by Gasteiger charge is -2.14. The van der Waals surface area contributed by atoms with Gasteiger partial charge in [-0.2, -0.15) is 11.8 Å². The molecule has 1 aromatic carbocycles. The Kier molecular flexibility index (Phi) is 6.52. The lowest BCUT2D eigenvalue weighted by atomic mass is 10.2. The second-order valence-electron chi connectivity index (χ2n) is 3.78. The highest BCUT2D eigenvalue weighted by Crippen LogP contribution is 2.14. The molecule has 0 fully saturated rings. The Balaban J connectivity index is 2.55. The number of amides is 2. The first-order valence-electron chi connectivity index (χ1n) is 5.57. The molecular weight excluding hydrogens is 288 g/mol. The molecule has 0 saturated heterocycles. The minimum absolute atomic E-state index is 0.374. The van der Waals surface area contributed by atoms with Crippen molar-refractivity contribution in [2.45, 2.75) is 12.5 Å². The first-order valence-corrected chi connectivity index (χ1v) is 7.35. The summed E-state index contributed by atoms with van der Waals surface area (Å²) in [4.78, 5) is 22.6. The molecule has 0 aliphatic heterocycles. The summed E-state index contributed by atoms with van der Waals surface area (Å²) in [6.45, 7) is 0. The number of thioether (sulfide) groups is 1. The molecule has 0 spiro atoms. The van der Waals surface area contributed by atoms with Crippen molar-refractivity contribution in [3.8, 4) is 0 Å². The van der Waals surface area contributed by atoms with Gasteiger partial charge in [-0.15, -0.1) is 0 Å². The average Bonchev–Trinajstić information content (AvgIpc) is 2.34. The Labute approximate surface area is 120 Å². The highest BCUT2D eigenvalue weighted by molar-refractivity contribution is 7.98. The minimum Gasteiger partial charge on any atom is -0.480 e. The van der Waals surface area contributed by atoms with Crippen molar-refractivity contribution >= 4 is 41.1 Å². The summed E-state index contributed by atoms with van der Waals surface area (Å²) in [5.41, 5.74) is 0.513. The second-order valence-corrected chi connectivity index (χ2v) is 5.20. The molecule has 0 aliphatic rings. The molecule has 104 valence electrons. The van der Waals surface area contributed by atoms with E-state index in [0.717, 1.165) is 0 Å². The van der Waals surface area contributed by atoms with Crippen LogP contribution in [0.15, 0.2) is 24.3 Å². The maximum atomic E-state index is 11.7. The molecule has 0 radical (unpaired) electrons. The molecule has 0 unspecified atom stereocenters. The molecule has 0 aliphatic carbocycles. The Morgan fingerprint density at radius 1 is 1.47 bits per heavy atom. The summed E-state index contributed by atoms with van der Waals surface area (Å²) in [6.07, 6.45) is 2.25. The van der Waals surface area contributed by atoms with E-state index in [-0.39, 0.29) is 0 Å². The molecule has 1 atom stereocenters. The van der Waals surface area contributed by atoms with Crippen LogP contribution in [0.25, 0.3) is 0 Å². The van der Waals surface area contributed by atoms with E-state index < -0.39 is 18.0 Å². The quantitative estimate of drug-likeness (QED) is 0.755. The predicted molar refractivity (Wildman–Crippen MR) is 78.0 cm³/mol. The first kappa shape index (κ1) is 15.7. The summed E-state index contributed by atoms with van der Waals surface area (Å²) in [5.74, 6) is -0.385. The zero-order valence-electron chi connectivity index (χ0n) is 10.4. The fourth-order valence-electron chi connectivity index (χ4n) is 1.38. The highest BCUT2D eigenvalue weighted by atomic mass is 35.5. The Hall–Kier alpha value is -1.40. The number of benzene rings is 1. The largest absolute Gasteiger partial charge is 0.480 e. The topological polar surface area (TPSA) is 78.4 Å². The summed E-state index contributed by atoms with van der Waals surface area (Å²) < 4.78 is 0. The number of carbonyl (C=O) groups is 2. The first-order chi connectivity index (χ1) is 9.02. The number of aliphatic carboxylic acids is 1. The van der Waals surface area contributed by atoms with Crippen molar-refractivity contribution in [1.82, 2.24) is 5.32 Å². The molecule has 0 heterocycles. The minimum atomic E-state index is -1.05. The molecule has 1 rings (SSSR count). The fourth-order valence-corrected chi connectivity index (χ4v) is 2.05. The van der Waals surface area contributed by atoms with Crippen LogP contribution in [-0.4, -0.2) is 35.2 Å². The van der Waals surface area contributed by atoms with Gasteiger partial charge in [-0.05, 0) is 36.6 Å². The third kappa shape index (κ3) is 5.85. The lowest BCUT2D eigenvalue weighted by molar-refractivity contribution is -0.139. The van der Waals surface area contributed by atoms with E-state index in [1.165, 1.54) is 11.8 Å². The second kappa shape index (κ2) is 7.91. The molecule has 0 aromatic heterocycles. The zero-order chi connectivity index (χ0) is 14.3. The summed E-state index contributed by atoms with van der Waals surface area (Å²) in [5, 5.41) is 14.4. The van der Waals surface area contributed by atoms with E-state index in [4.69, 9.17) is 16.7 Å². The van der Waals surface area contributed by atoms with Gasteiger partial charge in [-0.3, -0.25) is 0 Å². The Bertz CT molecular complexity index is 456. The van der Waals surface area contributed by atoms with E-state index in [0.29, 0.717) is 22.9 Å². The van der Waals surface area contributed by atoms with Gasteiger partial charge in [0.1, 0.15) is 6.04 Å². The SMILES string of the molecule is CSCC[C@H](NC(=O)Nc1cccc(Cl)c1)C(=O)O. The lowest BCUT2D eigenvalue weighted by Crippen LogP contribution is -2.43. The maximum absolute atomic E-state index is 11.7. The molecule has 5 nitrogen and oxygen atoms in total. The number of nitrogens with one attached hydrogen (secondary N) is 2. The Morgan fingerprint density at radius 3 is 2.79 bits per heavy atom. The number of carboxylic acid groups (broad SMARTS) is 1. The number of rotatable bonds is 6. The van der Waals surface area contributed by atoms with Gasteiger partial charge in [0.15, 0.2) is 0 Å². The maximum Gasteiger partial charge on any atom is 0.326 e. The molecule has 0 bridgehead atoms. The van der Waals surface area contributed by atoms with Gasteiger partial charge in [0.05, 0.1) is 0 Å². The normalized spacial score (nSPS) is 11.7. The molecule has 0 saturated carbocycles. The van der Waals surface area contributed by atoms with Gasteiger partial charge in [0.2, 0.25) is 0 Å². The molecule has 1 aromatic rings. The number of hydrogen-bond donors (Lipinski definition) is 3. The number of halogens is 1. The number of carboxylic acids is 1. The van der Waals surface area contributed by atoms with Crippen LogP contribution in [-0.2, 0) is 4.79 Å². The molecule has 7 heteroatoms. The number of anilines is 1. The van der Waals surface area contributed by atoms with Crippen LogP contribution in [0.1, 0.15) is 6.42 Å². The van der Waals surface area contributed by atoms with Gasteiger partial charge in [-0.25, -0.2) is 9.59 Å². The van der Waals surface area contributed by atoms with Gasteiger partial charge < -0.3 is 15.7 Å². The van der Waals surface area contributed by atoms with E-state index >= 15 is 0 Å². The summed E-state index contributed by atoms with van der Waals surface area (Å²) in [7, 11) is 0. The van der Waals surface area contributed by atoms with E-state index in [1.807, 2.05) is 6.26 Å².